The summed E-state index contributed by atoms with van der Waals surface area (Å²) in [4.78, 5) is 0. The van der Waals surface area contributed by atoms with Gasteiger partial charge in [-0.15, -0.1) is 0 Å². The van der Waals surface area contributed by atoms with E-state index in [0.717, 1.165) is 11.1 Å². The molecule has 0 heterocycles. The van der Waals surface area contributed by atoms with Crippen molar-refractivity contribution < 1.29 is 10.2 Å². The first-order valence-corrected chi connectivity index (χ1v) is 5.40. The van der Waals surface area contributed by atoms with Crippen LogP contribution in [0.3, 0.4) is 0 Å². The maximum absolute atomic E-state index is 9.61. The molecular weight excluding hydrogens is 204 g/mol. The molecule has 0 aromatic heterocycles. The number of nitrogens with two attached hydrogens (primary N) is 2. The van der Waals surface area contributed by atoms with Gasteiger partial charge in [0.2, 0.25) is 0 Å². The Kier molecular flexibility index (Phi) is 4.44. The Morgan fingerprint density at radius 1 is 1.00 bits per heavy atom. The van der Waals surface area contributed by atoms with E-state index >= 15 is 0 Å². The molecule has 6 N–H and O–H groups in total. The topological polar surface area (TPSA) is 92.5 Å². The molecule has 16 heavy (non-hydrogen) atoms. The summed E-state index contributed by atoms with van der Waals surface area (Å²) in [5, 5.41) is 18.5. The van der Waals surface area contributed by atoms with Gasteiger partial charge in [-0.05, 0) is 30.5 Å². The zero-order valence-electron chi connectivity index (χ0n) is 9.72. The van der Waals surface area contributed by atoms with E-state index in [1.165, 1.54) is 0 Å². The van der Waals surface area contributed by atoms with Crippen LogP contribution in [0, 0.1) is 0 Å². The van der Waals surface area contributed by atoms with Crippen LogP contribution in [0.1, 0.15) is 48.7 Å². The van der Waals surface area contributed by atoms with Crippen molar-refractivity contribution in [2.75, 3.05) is 6.61 Å². The lowest BCUT2D eigenvalue weighted by molar-refractivity contribution is 0.0954. The maximum atomic E-state index is 9.61. The third-order valence-corrected chi connectivity index (χ3v) is 2.61. The molecule has 1 aromatic carbocycles. The molecule has 0 bridgehead atoms. The summed E-state index contributed by atoms with van der Waals surface area (Å²) in [6.07, 6.45) is -0.879. The molecule has 0 saturated carbocycles. The Hall–Kier alpha value is -0.940. The van der Waals surface area contributed by atoms with E-state index in [1.807, 2.05) is 19.9 Å². The van der Waals surface area contributed by atoms with Crippen LogP contribution < -0.4 is 11.5 Å². The highest BCUT2D eigenvalue weighted by Gasteiger charge is 2.12. The van der Waals surface area contributed by atoms with Crippen LogP contribution in [0.2, 0.25) is 0 Å². The quantitative estimate of drug-likeness (QED) is 0.607. The summed E-state index contributed by atoms with van der Waals surface area (Å²) in [7, 11) is 0. The summed E-state index contributed by atoms with van der Waals surface area (Å²) in [6, 6.07) is 5.30. The van der Waals surface area contributed by atoms with Crippen molar-refractivity contribution in [1.29, 1.82) is 0 Å². The maximum Gasteiger partial charge on any atom is 0.102 e. The average molecular weight is 224 g/mol. The van der Waals surface area contributed by atoms with Gasteiger partial charge in [-0.2, -0.15) is 0 Å². The Balaban J connectivity index is 3.18. The number of rotatable bonds is 4. The fraction of sp³-hybridized carbons (Fsp3) is 0.500. The molecule has 0 saturated heterocycles. The van der Waals surface area contributed by atoms with Crippen molar-refractivity contribution in [3.05, 3.63) is 34.9 Å². The SMILES string of the molecule is CC(N)c1cc(C(C)N)cc(C(O)CO)c1. The predicted octanol–water partition coefficient (Wildman–Crippen LogP) is 0.752. The minimum absolute atomic E-state index is 0.122. The number of aliphatic hydroxyl groups excluding tert-OH is 2. The van der Waals surface area contributed by atoms with Gasteiger partial charge in [0.15, 0.2) is 0 Å². The Bertz CT molecular complexity index is 325. The highest BCUT2D eigenvalue weighted by atomic mass is 16.3. The van der Waals surface area contributed by atoms with E-state index in [2.05, 4.69) is 0 Å². The minimum Gasteiger partial charge on any atom is -0.393 e. The van der Waals surface area contributed by atoms with Crippen molar-refractivity contribution >= 4 is 0 Å². The van der Waals surface area contributed by atoms with E-state index in [-0.39, 0.29) is 18.7 Å². The fourth-order valence-electron chi connectivity index (χ4n) is 1.53. The first-order chi connectivity index (χ1) is 7.45. The lowest BCUT2D eigenvalue weighted by Crippen LogP contribution is -2.12. The van der Waals surface area contributed by atoms with Gasteiger partial charge in [-0.25, -0.2) is 0 Å². The summed E-state index contributed by atoms with van der Waals surface area (Å²) < 4.78 is 0. The first kappa shape index (κ1) is 13.1. The number of benzene rings is 1. The van der Waals surface area contributed by atoms with E-state index < -0.39 is 6.10 Å². The monoisotopic (exact) mass is 224 g/mol. The molecule has 0 radical (unpaired) electrons. The van der Waals surface area contributed by atoms with Crippen LogP contribution in [0.15, 0.2) is 18.2 Å². The highest BCUT2D eigenvalue weighted by Crippen LogP contribution is 2.23. The van der Waals surface area contributed by atoms with Gasteiger partial charge < -0.3 is 21.7 Å². The molecule has 4 nitrogen and oxygen atoms in total. The molecule has 3 atom stereocenters. The minimum atomic E-state index is -0.879. The first-order valence-electron chi connectivity index (χ1n) is 5.40. The van der Waals surface area contributed by atoms with Gasteiger partial charge in [0.05, 0.1) is 6.61 Å². The largest absolute Gasteiger partial charge is 0.393 e. The molecule has 0 fully saturated rings. The van der Waals surface area contributed by atoms with Crippen LogP contribution in [0.4, 0.5) is 0 Å². The number of hydrogen-bond acceptors (Lipinski definition) is 4. The highest BCUT2D eigenvalue weighted by molar-refractivity contribution is 5.34. The molecule has 0 aliphatic carbocycles. The summed E-state index contributed by atoms with van der Waals surface area (Å²) in [5.74, 6) is 0. The van der Waals surface area contributed by atoms with E-state index in [4.69, 9.17) is 16.6 Å². The van der Waals surface area contributed by atoms with Crippen molar-refractivity contribution in [2.24, 2.45) is 11.5 Å². The molecule has 1 aromatic rings. The molecule has 4 heteroatoms. The van der Waals surface area contributed by atoms with Crippen LogP contribution in [-0.2, 0) is 0 Å². The van der Waals surface area contributed by atoms with Crippen LogP contribution >= 0.6 is 0 Å². The smallest absolute Gasteiger partial charge is 0.102 e. The van der Waals surface area contributed by atoms with Gasteiger partial charge >= 0.3 is 0 Å². The Morgan fingerprint density at radius 2 is 1.38 bits per heavy atom. The zero-order chi connectivity index (χ0) is 12.3. The third-order valence-electron chi connectivity index (χ3n) is 2.61. The normalized spacial score (nSPS) is 16.9. The molecule has 0 aliphatic rings. The average Bonchev–Trinajstić information content (AvgIpc) is 2.27. The van der Waals surface area contributed by atoms with E-state index in [0.29, 0.717) is 5.56 Å². The van der Waals surface area contributed by atoms with Crippen molar-refractivity contribution in [1.82, 2.24) is 0 Å². The van der Waals surface area contributed by atoms with Gasteiger partial charge in [0, 0.05) is 12.1 Å². The van der Waals surface area contributed by atoms with E-state index in [9.17, 15) is 5.11 Å². The standard InChI is InChI=1S/C12H20N2O2/c1-7(13)9-3-10(8(2)14)5-11(4-9)12(16)6-15/h3-5,7-8,12,15-16H,6,13-14H2,1-2H3. The number of hydrogen-bond donors (Lipinski definition) is 4. The Labute approximate surface area is 95.9 Å². The molecule has 3 unspecified atom stereocenters. The predicted molar refractivity (Wildman–Crippen MR) is 63.7 cm³/mol. The lowest BCUT2D eigenvalue weighted by Gasteiger charge is -2.16. The summed E-state index contributed by atoms with van der Waals surface area (Å²) in [6.45, 7) is 3.44. The Morgan fingerprint density at radius 3 is 1.69 bits per heavy atom. The van der Waals surface area contributed by atoms with Crippen LogP contribution in [0.5, 0.6) is 0 Å². The van der Waals surface area contributed by atoms with Gasteiger partial charge in [-0.1, -0.05) is 18.2 Å². The fourth-order valence-corrected chi connectivity index (χ4v) is 1.53. The molecular formula is C12H20N2O2. The van der Waals surface area contributed by atoms with Gasteiger partial charge in [0.1, 0.15) is 6.10 Å². The molecule has 1 rings (SSSR count). The van der Waals surface area contributed by atoms with Crippen LogP contribution in [-0.4, -0.2) is 16.8 Å². The molecule has 0 aliphatic heterocycles. The second-order valence-corrected chi connectivity index (χ2v) is 4.21. The summed E-state index contributed by atoms with van der Waals surface area (Å²) >= 11 is 0. The molecule has 0 spiro atoms. The lowest BCUT2D eigenvalue weighted by atomic mass is 9.96. The van der Waals surface area contributed by atoms with Crippen molar-refractivity contribution in [3.63, 3.8) is 0 Å². The van der Waals surface area contributed by atoms with Crippen LogP contribution in [0.25, 0.3) is 0 Å². The second kappa shape index (κ2) is 5.41. The molecule has 90 valence electrons. The van der Waals surface area contributed by atoms with Crippen molar-refractivity contribution in [2.45, 2.75) is 32.0 Å². The zero-order valence-corrected chi connectivity index (χ0v) is 9.72. The third kappa shape index (κ3) is 3.02. The van der Waals surface area contributed by atoms with Crippen molar-refractivity contribution in [3.8, 4) is 0 Å². The van der Waals surface area contributed by atoms with E-state index in [1.54, 1.807) is 12.1 Å². The number of aliphatic hydroxyl groups is 2. The van der Waals surface area contributed by atoms with Gasteiger partial charge in [-0.3, -0.25) is 0 Å². The van der Waals surface area contributed by atoms with Gasteiger partial charge in [0.25, 0.3) is 0 Å². The summed E-state index contributed by atoms with van der Waals surface area (Å²) in [5.41, 5.74) is 14.1. The molecule has 0 amide bonds. The second-order valence-electron chi connectivity index (χ2n) is 4.21.